The minimum Gasteiger partial charge on any atom is -0.205 e. The average Bonchev–Trinajstić information content (AvgIpc) is 2.71. The van der Waals surface area contributed by atoms with E-state index < -0.39 is 16.7 Å². The van der Waals surface area contributed by atoms with E-state index in [4.69, 9.17) is 11.6 Å². The topological polar surface area (TPSA) is 0 Å². The van der Waals surface area contributed by atoms with E-state index in [0.717, 1.165) is 23.3 Å². The molecule has 3 heteroatoms. The number of halogens is 3. The van der Waals surface area contributed by atoms with E-state index in [-0.39, 0.29) is 0 Å². The highest BCUT2D eigenvalue weighted by Crippen LogP contribution is 2.48. The summed E-state index contributed by atoms with van der Waals surface area (Å²) < 4.78 is 27.5. The molecular weight excluding hydrogens is 374 g/mol. The Morgan fingerprint density at radius 3 is 2.18 bits per heavy atom. The second-order valence-electron chi connectivity index (χ2n) is 8.50. The zero-order valence-electron chi connectivity index (χ0n) is 16.3. The molecule has 28 heavy (non-hydrogen) atoms. The second kappa shape index (κ2) is 8.37. The van der Waals surface area contributed by atoms with Crippen molar-refractivity contribution in [2.45, 2.75) is 51.4 Å². The Hall–Kier alpha value is -1.67. The van der Waals surface area contributed by atoms with Crippen molar-refractivity contribution in [3.05, 3.63) is 70.8 Å². The molecule has 2 aliphatic rings. The maximum atomic E-state index is 13.8. The van der Waals surface area contributed by atoms with Gasteiger partial charge < -0.3 is 0 Å². The standard InChI is InChI=1S/C25H27ClF2/c1-2-3-16-4-5-21-13-20(11-10-19(21)12-16)17-6-8-18(9-7-17)22-14-23(27)25(26)24(28)15-22/h2-3,6-9,14-16,19-21H,4-5,10-13H2,1H3/b3-2+. The fourth-order valence-electron chi connectivity index (χ4n) is 5.35. The van der Waals surface area contributed by atoms with E-state index in [0.29, 0.717) is 11.5 Å². The number of benzene rings is 2. The molecule has 0 heterocycles. The van der Waals surface area contributed by atoms with Gasteiger partial charge in [-0.2, -0.15) is 0 Å². The third kappa shape index (κ3) is 4.03. The molecule has 2 aliphatic carbocycles. The lowest BCUT2D eigenvalue weighted by atomic mass is 9.64. The Morgan fingerprint density at radius 2 is 1.50 bits per heavy atom. The van der Waals surface area contributed by atoms with Crippen LogP contribution in [0.2, 0.25) is 5.02 Å². The molecule has 0 nitrogen and oxygen atoms in total. The van der Waals surface area contributed by atoms with Crippen LogP contribution in [0.3, 0.4) is 0 Å². The third-order valence-corrected chi connectivity index (χ3v) is 7.18. The van der Waals surface area contributed by atoms with Gasteiger partial charge in [-0.3, -0.25) is 0 Å². The zero-order chi connectivity index (χ0) is 19.7. The van der Waals surface area contributed by atoms with Crippen LogP contribution in [-0.4, -0.2) is 0 Å². The van der Waals surface area contributed by atoms with Crippen molar-refractivity contribution in [1.29, 1.82) is 0 Å². The molecule has 0 bridgehead atoms. The van der Waals surface area contributed by atoms with Crippen molar-refractivity contribution < 1.29 is 8.78 Å². The maximum absolute atomic E-state index is 13.8. The molecule has 2 aromatic carbocycles. The molecule has 148 valence electrons. The molecule has 0 radical (unpaired) electrons. The molecule has 0 aliphatic heterocycles. The van der Waals surface area contributed by atoms with Crippen molar-refractivity contribution in [2.75, 3.05) is 0 Å². The van der Waals surface area contributed by atoms with E-state index in [2.05, 4.69) is 31.2 Å². The molecule has 4 atom stereocenters. The van der Waals surface area contributed by atoms with Crippen LogP contribution in [-0.2, 0) is 0 Å². The van der Waals surface area contributed by atoms with Crippen molar-refractivity contribution >= 4 is 11.6 Å². The Balaban J connectivity index is 1.45. The van der Waals surface area contributed by atoms with Crippen molar-refractivity contribution in [3.8, 4) is 11.1 Å². The molecule has 0 spiro atoms. The molecule has 4 rings (SSSR count). The van der Waals surface area contributed by atoms with Gasteiger partial charge in [-0.05, 0) is 97.9 Å². The monoisotopic (exact) mass is 400 g/mol. The summed E-state index contributed by atoms with van der Waals surface area (Å²) >= 11 is 5.59. The van der Waals surface area contributed by atoms with Crippen LogP contribution in [0, 0.1) is 29.4 Å². The normalized spacial score (nSPS) is 27.7. The average molecular weight is 401 g/mol. The van der Waals surface area contributed by atoms with Gasteiger partial charge in [0.15, 0.2) is 0 Å². The molecule has 2 saturated carbocycles. The first-order valence-corrected chi connectivity index (χ1v) is 10.8. The Bertz CT molecular complexity index is 832. The van der Waals surface area contributed by atoms with Crippen LogP contribution in [0.15, 0.2) is 48.6 Å². The fourth-order valence-corrected chi connectivity index (χ4v) is 5.45. The molecule has 2 fully saturated rings. The Kier molecular flexibility index (Phi) is 5.87. The predicted octanol–water partition coefficient (Wildman–Crippen LogP) is 8.16. The number of fused-ring (bicyclic) bond motifs is 1. The number of hydrogen-bond acceptors (Lipinski definition) is 0. The molecule has 0 amide bonds. The largest absolute Gasteiger partial charge is 0.205 e. The van der Waals surface area contributed by atoms with Gasteiger partial charge >= 0.3 is 0 Å². The molecule has 0 aromatic heterocycles. The molecule has 4 unspecified atom stereocenters. The van der Waals surface area contributed by atoms with Gasteiger partial charge in [-0.25, -0.2) is 8.78 Å². The van der Waals surface area contributed by atoms with Gasteiger partial charge in [-0.15, -0.1) is 0 Å². The summed E-state index contributed by atoms with van der Waals surface area (Å²) in [6.07, 6.45) is 12.5. The van der Waals surface area contributed by atoms with Gasteiger partial charge in [0.2, 0.25) is 0 Å². The summed E-state index contributed by atoms with van der Waals surface area (Å²) in [6.45, 7) is 2.12. The van der Waals surface area contributed by atoms with Crippen LogP contribution in [0.4, 0.5) is 8.78 Å². The van der Waals surface area contributed by atoms with E-state index in [1.807, 2.05) is 12.1 Å². The molecule has 2 aromatic rings. The van der Waals surface area contributed by atoms with E-state index >= 15 is 0 Å². The van der Waals surface area contributed by atoms with Gasteiger partial charge in [0.1, 0.15) is 16.7 Å². The molecule has 0 saturated heterocycles. The maximum Gasteiger partial charge on any atom is 0.145 e. The third-order valence-electron chi connectivity index (χ3n) is 6.82. The molecular formula is C25H27ClF2. The highest BCUT2D eigenvalue weighted by molar-refractivity contribution is 6.31. The van der Waals surface area contributed by atoms with Crippen molar-refractivity contribution in [1.82, 2.24) is 0 Å². The first-order chi connectivity index (χ1) is 13.5. The van der Waals surface area contributed by atoms with Crippen LogP contribution >= 0.6 is 11.6 Å². The second-order valence-corrected chi connectivity index (χ2v) is 8.88. The van der Waals surface area contributed by atoms with Crippen LogP contribution in [0.5, 0.6) is 0 Å². The van der Waals surface area contributed by atoms with Crippen LogP contribution < -0.4 is 0 Å². The predicted molar refractivity (Wildman–Crippen MR) is 113 cm³/mol. The quantitative estimate of drug-likeness (QED) is 0.360. The summed E-state index contributed by atoms with van der Waals surface area (Å²) in [5.74, 6) is 1.68. The first-order valence-electron chi connectivity index (χ1n) is 10.4. The lowest BCUT2D eigenvalue weighted by Crippen LogP contribution is -2.30. The van der Waals surface area contributed by atoms with Crippen LogP contribution in [0.1, 0.15) is 56.9 Å². The highest BCUT2D eigenvalue weighted by atomic mass is 35.5. The van der Waals surface area contributed by atoms with E-state index in [9.17, 15) is 8.78 Å². The van der Waals surface area contributed by atoms with E-state index in [1.54, 1.807) is 0 Å². The lowest BCUT2D eigenvalue weighted by molar-refractivity contribution is 0.133. The first kappa shape index (κ1) is 19.6. The summed E-state index contributed by atoms with van der Waals surface area (Å²) in [5.41, 5.74) is 2.70. The Morgan fingerprint density at radius 1 is 0.857 bits per heavy atom. The summed E-state index contributed by atoms with van der Waals surface area (Å²) in [6, 6.07) is 10.8. The van der Waals surface area contributed by atoms with Crippen molar-refractivity contribution in [3.63, 3.8) is 0 Å². The zero-order valence-corrected chi connectivity index (χ0v) is 17.1. The SMILES string of the molecule is C/C=C/C1CCC2CC(c3ccc(-c4cc(F)c(Cl)c(F)c4)cc3)CCC2C1. The van der Waals surface area contributed by atoms with Gasteiger partial charge in [-0.1, -0.05) is 48.0 Å². The van der Waals surface area contributed by atoms with Crippen LogP contribution in [0.25, 0.3) is 11.1 Å². The summed E-state index contributed by atoms with van der Waals surface area (Å²) in [7, 11) is 0. The number of allylic oxidation sites excluding steroid dienone is 2. The van der Waals surface area contributed by atoms with Gasteiger partial charge in [0.25, 0.3) is 0 Å². The number of hydrogen-bond donors (Lipinski definition) is 0. The lowest BCUT2D eigenvalue weighted by Gasteiger charge is -2.41. The summed E-state index contributed by atoms with van der Waals surface area (Å²) in [4.78, 5) is 0. The minimum absolute atomic E-state index is 0.443. The highest BCUT2D eigenvalue weighted by Gasteiger charge is 2.35. The van der Waals surface area contributed by atoms with E-state index in [1.165, 1.54) is 56.2 Å². The number of rotatable bonds is 3. The molecule has 0 N–H and O–H groups in total. The smallest absolute Gasteiger partial charge is 0.145 e. The van der Waals surface area contributed by atoms with Gasteiger partial charge in [0.05, 0.1) is 0 Å². The van der Waals surface area contributed by atoms with Gasteiger partial charge in [0, 0.05) is 0 Å². The minimum atomic E-state index is -0.715. The Labute approximate surface area is 171 Å². The summed E-state index contributed by atoms with van der Waals surface area (Å²) in [5, 5.41) is -0.443. The fraction of sp³-hybridized carbons (Fsp3) is 0.440. The van der Waals surface area contributed by atoms with Crippen molar-refractivity contribution in [2.24, 2.45) is 17.8 Å².